The van der Waals surface area contributed by atoms with Crippen molar-refractivity contribution in [2.24, 2.45) is 45.8 Å². The van der Waals surface area contributed by atoms with Gasteiger partial charge >= 0.3 is 5.97 Å². The Kier molecular flexibility index (Phi) is 5.79. The molecule has 0 bridgehead atoms. The van der Waals surface area contributed by atoms with E-state index in [-0.39, 0.29) is 54.2 Å². The molecule has 0 aliphatic heterocycles. The van der Waals surface area contributed by atoms with Gasteiger partial charge in [-0.2, -0.15) is 0 Å². The number of Topliss-reactive ketones (excluding diaryl/α,β-unsaturated/α-hetero) is 1. The second-order valence-corrected chi connectivity index (χ2v) is 12.4. The average molecular weight is 461 g/mol. The van der Waals surface area contributed by atoms with Crippen LogP contribution < -0.4 is 0 Å². The van der Waals surface area contributed by atoms with Gasteiger partial charge in [-0.25, -0.2) is 4.39 Å². The van der Waals surface area contributed by atoms with Crippen LogP contribution in [0.15, 0.2) is 23.8 Å². The van der Waals surface area contributed by atoms with Crippen LogP contribution in [0.2, 0.25) is 0 Å². The summed E-state index contributed by atoms with van der Waals surface area (Å²) in [6, 6.07) is 0. The van der Waals surface area contributed by atoms with Crippen molar-refractivity contribution in [1.29, 1.82) is 0 Å². The number of hydrogen-bond acceptors (Lipinski definition) is 5. The molecule has 9 atom stereocenters. The normalized spacial score (nSPS) is 44.4. The van der Waals surface area contributed by atoms with Gasteiger partial charge in [0.25, 0.3) is 0 Å². The standard InChI is InChI=1S/C27H37FO5/c1-14-9-17-16-11-19(28)18-10-15(29)7-8-26(18,5)23(16)20(30)12-27(17,6)22(14)21(31)13-33-24(32)25(2,3)4/h7-8,10,14,16-17,19-20,22-23,30H,9,11-13H2,1-6H3/t14-,16+,17+,19+,20+,22-,23-,26+,27+/m1/s1. The lowest BCUT2D eigenvalue weighted by Gasteiger charge is -2.59. The Labute approximate surface area is 195 Å². The molecular formula is C27H37FO5. The summed E-state index contributed by atoms with van der Waals surface area (Å²) in [4.78, 5) is 37.5. The van der Waals surface area contributed by atoms with E-state index in [9.17, 15) is 19.5 Å². The number of hydrogen-bond donors (Lipinski definition) is 1. The van der Waals surface area contributed by atoms with E-state index in [1.165, 1.54) is 12.2 Å². The number of esters is 1. The van der Waals surface area contributed by atoms with Gasteiger partial charge in [-0.1, -0.05) is 26.8 Å². The topological polar surface area (TPSA) is 80.7 Å². The van der Waals surface area contributed by atoms with Gasteiger partial charge < -0.3 is 9.84 Å². The number of halogens is 1. The van der Waals surface area contributed by atoms with Gasteiger partial charge in [-0.05, 0) is 80.9 Å². The minimum absolute atomic E-state index is 0.0538. The predicted molar refractivity (Wildman–Crippen MR) is 122 cm³/mol. The molecule has 6 heteroatoms. The van der Waals surface area contributed by atoms with Crippen LogP contribution in [0.5, 0.6) is 0 Å². The smallest absolute Gasteiger partial charge is 0.311 e. The Hall–Kier alpha value is -1.82. The van der Waals surface area contributed by atoms with E-state index in [1.807, 2.05) is 13.8 Å². The summed E-state index contributed by atoms with van der Waals surface area (Å²) in [6.07, 6.45) is 4.21. The van der Waals surface area contributed by atoms with Crippen molar-refractivity contribution in [3.05, 3.63) is 23.8 Å². The summed E-state index contributed by atoms with van der Waals surface area (Å²) in [6.45, 7) is 11.0. The second kappa shape index (κ2) is 7.86. The molecule has 1 N–H and O–H groups in total. The summed E-state index contributed by atoms with van der Waals surface area (Å²) < 4.78 is 20.8. The van der Waals surface area contributed by atoms with Gasteiger partial charge in [0, 0.05) is 17.3 Å². The van der Waals surface area contributed by atoms with Crippen molar-refractivity contribution in [1.82, 2.24) is 0 Å². The number of carbonyl (C=O) groups excluding carboxylic acids is 3. The number of aliphatic hydroxyl groups excluding tert-OH is 1. The molecule has 3 saturated carbocycles. The number of rotatable bonds is 3. The number of fused-ring (bicyclic) bond motifs is 5. The molecule has 4 aliphatic rings. The van der Waals surface area contributed by atoms with Crippen molar-refractivity contribution in [3.8, 4) is 0 Å². The third-order valence-corrected chi connectivity index (χ3v) is 9.12. The fourth-order valence-corrected chi connectivity index (χ4v) is 7.83. The summed E-state index contributed by atoms with van der Waals surface area (Å²) in [7, 11) is 0. The highest BCUT2D eigenvalue weighted by Gasteiger charge is 2.65. The van der Waals surface area contributed by atoms with Crippen molar-refractivity contribution in [2.45, 2.75) is 73.1 Å². The first-order chi connectivity index (χ1) is 15.2. The van der Waals surface area contributed by atoms with Gasteiger partial charge in [0.2, 0.25) is 0 Å². The molecule has 33 heavy (non-hydrogen) atoms. The third kappa shape index (κ3) is 3.73. The van der Waals surface area contributed by atoms with Crippen LogP contribution in [0.1, 0.15) is 60.8 Å². The van der Waals surface area contributed by atoms with E-state index < -0.39 is 34.5 Å². The molecule has 0 heterocycles. The maximum Gasteiger partial charge on any atom is 0.311 e. The molecule has 0 spiro atoms. The zero-order valence-electron chi connectivity index (χ0n) is 20.6. The maximum atomic E-state index is 15.4. The van der Waals surface area contributed by atoms with E-state index in [0.29, 0.717) is 12.0 Å². The molecule has 0 amide bonds. The predicted octanol–water partition coefficient (Wildman–Crippen LogP) is 4.23. The van der Waals surface area contributed by atoms with Gasteiger partial charge in [-0.3, -0.25) is 14.4 Å². The largest absolute Gasteiger partial charge is 0.457 e. The fourth-order valence-electron chi connectivity index (χ4n) is 7.83. The van der Waals surface area contributed by atoms with Crippen LogP contribution in [0.25, 0.3) is 0 Å². The minimum Gasteiger partial charge on any atom is -0.457 e. The van der Waals surface area contributed by atoms with Crippen molar-refractivity contribution < 1.29 is 28.6 Å². The molecule has 0 aromatic carbocycles. The number of ether oxygens (including phenoxy) is 1. The Bertz CT molecular complexity index is 929. The molecule has 0 radical (unpaired) electrons. The molecule has 182 valence electrons. The van der Waals surface area contributed by atoms with Crippen molar-refractivity contribution in [2.75, 3.05) is 6.61 Å². The van der Waals surface area contributed by atoms with Crippen molar-refractivity contribution in [3.63, 3.8) is 0 Å². The summed E-state index contributed by atoms with van der Waals surface area (Å²) in [5.41, 5.74) is -1.40. The molecule has 4 rings (SSSR count). The van der Waals surface area contributed by atoms with Crippen LogP contribution in [-0.2, 0) is 19.1 Å². The van der Waals surface area contributed by atoms with E-state index in [2.05, 4.69) is 6.92 Å². The number of allylic oxidation sites excluding steroid dienone is 4. The highest BCUT2D eigenvalue weighted by Crippen LogP contribution is 2.67. The van der Waals surface area contributed by atoms with Crippen LogP contribution >= 0.6 is 0 Å². The summed E-state index contributed by atoms with van der Waals surface area (Å²) in [5, 5.41) is 11.4. The minimum atomic E-state index is -1.24. The SMILES string of the molecule is C[C@@H]1C[C@H]2[C@@H]3C[C@H](F)C4=CC(=O)C=C[C@]4(C)[C@H]3[C@@H](O)C[C@]2(C)[C@H]1C(=O)COC(=O)C(C)(C)C. The van der Waals surface area contributed by atoms with Gasteiger partial charge in [0.15, 0.2) is 11.6 Å². The van der Waals surface area contributed by atoms with E-state index >= 15 is 4.39 Å². The molecule has 0 unspecified atom stereocenters. The van der Waals surface area contributed by atoms with Crippen molar-refractivity contribution >= 4 is 17.5 Å². The zero-order valence-corrected chi connectivity index (χ0v) is 20.6. The molecule has 5 nitrogen and oxygen atoms in total. The molecule has 0 aromatic rings. The molecule has 3 fully saturated rings. The Morgan fingerprint density at radius 1 is 1.24 bits per heavy atom. The first-order valence-electron chi connectivity index (χ1n) is 12.2. The van der Waals surface area contributed by atoms with E-state index in [4.69, 9.17) is 4.74 Å². The number of ketones is 2. The Morgan fingerprint density at radius 2 is 1.91 bits per heavy atom. The highest BCUT2D eigenvalue weighted by atomic mass is 19.1. The maximum absolute atomic E-state index is 15.4. The lowest BCUT2D eigenvalue weighted by atomic mass is 9.46. The highest BCUT2D eigenvalue weighted by molar-refractivity contribution is 6.01. The van der Waals surface area contributed by atoms with Gasteiger partial charge in [0.1, 0.15) is 12.8 Å². The number of alkyl halides is 1. The molecule has 0 aromatic heterocycles. The summed E-state index contributed by atoms with van der Waals surface area (Å²) >= 11 is 0. The first-order valence-corrected chi connectivity index (χ1v) is 12.2. The lowest BCUT2D eigenvalue weighted by Crippen LogP contribution is -2.58. The van der Waals surface area contributed by atoms with Crippen LogP contribution in [-0.4, -0.2) is 41.5 Å². The monoisotopic (exact) mass is 460 g/mol. The van der Waals surface area contributed by atoms with Crippen LogP contribution in [0.4, 0.5) is 4.39 Å². The van der Waals surface area contributed by atoms with Gasteiger partial charge in [0.05, 0.1) is 11.5 Å². The van der Waals surface area contributed by atoms with E-state index in [1.54, 1.807) is 26.8 Å². The third-order valence-electron chi connectivity index (χ3n) is 9.12. The van der Waals surface area contributed by atoms with Gasteiger partial charge in [-0.15, -0.1) is 0 Å². The lowest BCUT2D eigenvalue weighted by molar-refractivity contribution is -0.160. The Morgan fingerprint density at radius 3 is 2.55 bits per heavy atom. The van der Waals surface area contributed by atoms with Crippen LogP contribution in [0.3, 0.4) is 0 Å². The van der Waals surface area contributed by atoms with Crippen LogP contribution in [0, 0.1) is 45.8 Å². The molecule has 4 aliphatic carbocycles. The summed E-state index contributed by atoms with van der Waals surface area (Å²) in [5.74, 6) is -1.23. The Balaban J connectivity index is 1.62. The average Bonchev–Trinajstić information content (AvgIpc) is 2.96. The number of carbonyl (C=O) groups is 3. The second-order valence-electron chi connectivity index (χ2n) is 12.4. The molecular weight excluding hydrogens is 423 g/mol. The zero-order chi connectivity index (χ0) is 24.5. The number of aliphatic hydroxyl groups is 1. The molecule has 0 saturated heterocycles. The fraction of sp³-hybridized carbons (Fsp3) is 0.741. The van der Waals surface area contributed by atoms with E-state index in [0.717, 1.165) is 6.42 Å². The quantitative estimate of drug-likeness (QED) is 0.638. The first kappa shape index (κ1) is 24.3.